The van der Waals surface area contributed by atoms with E-state index in [2.05, 4.69) is 11.1 Å². The van der Waals surface area contributed by atoms with Gasteiger partial charge in [-0.2, -0.15) is 18.4 Å². The summed E-state index contributed by atoms with van der Waals surface area (Å²) in [6.45, 7) is 2.07. The summed E-state index contributed by atoms with van der Waals surface area (Å²) in [4.78, 5) is 32.9. The number of hydrogen-bond acceptors (Lipinski definition) is 8. The first-order valence-electron chi connectivity index (χ1n) is 15.1. The average Bonchev–Trinajstić information content (AvgIpc) is 3.06. The molecule has 0 radical (unpaired) electrons. The Bertz CT molecular complexity index is 1720. The van der Waals surface area contributed by atoms with Crippen molar-refractivity contribution in [1.82, 2.24) is 14.8 Å². The molecule has 2 atom stereocenters. The van der Waals surface area contributed by atoms with Crippen LogP contribution in [0.3, 0.4) is 0 Å². The van der Waals surface area contributed by atoms with E-state index in [0.29, 0.717) is 56.6 Å². The van der Waals surface area contributed by atoms with Crippen molar-refractivity contribution in [2.45, 2.75) is 54.9 Å². The molecule has 0 saturated carbocycles. The standard InChI is InChI=1S/C33H32F4N4O5S/c34-29-21-40(20-23-3-1-22(18-38)2-4-23)14-11-24(29)17-31(42)25-5-10-30(39-19-25)32(43)41-15-12-27(13-16-41)46-26-6-8-28(9-7-26)47(44,45)33(35,36)37/h1-10,19,24,27,29H,11-17,20-21H2/t24?,29-/m1/s1. The first-order valence-corrected chi connectivity index (χ1v) is 16.5. The predicted octanol–water partition coefficient (Wildman–Crippen LogP) is 5.36. The van der Waals surface area contributed by atoms with Crippen LogP contribution in [0.1, 0.15) is 57.7 Å². The molecule has 14 heteroatoms. The second-order valence-corrected chi connectivity index (χ2v) is 13.6. The van der Waals surface area contributed by atoms with Crippen molar-refractivity contribution in [1.29, 1.82) is 5.26 Å². The number of pyridine rings is 1. The molecule has 0 N–H and O–H groups in total. The summed E-state index contributed by atoms with van der Waals surface area (Å²) in [6, 6.07) is 16.3. The number of benzene rings is 2. The van der Waals surface area contributed by atoms with Gasteiger partial charge in [0, 0.05) is 57.2 Å². The zero-order chi connectivity index (χ0) is 33.8. The Morgan fingerprint density at radius 2 is 1.64 bits per heavy atom. The van der Waals surface area contributed by atoms with Crippen molar-refractivity contribution < 1.29 is 40.3 Å². The number of carbonyl (C=O) groups excluding carboxylic acids is 2. The molecule has 47 heavy (non-hydrogen) atoms. The third-order valence-corrected chi connectivity index (χ3v) is 9.97. The summed E-state index contributed by atoms with van der Waals surface area (Å²) < 4.78 is 82.2. The Morgan fingerprint density at radius 1 is 0.957 bits per heavy atom. The lowest BCUT2D eigenvalue weighted by Gasteiger charge is -2.34. The molecule has 2 aliphatic rings. The van der Waals surface area contributed by atoms with Crippen LogP contribution in [0.4, 0.5) is 17.6 Å². The number of hydrogen-bond donors (Lipinski definition) is 0. The minimum atomic E-state index is -5.45. The Morgan fingerprint density at radius 3 is 2.21 bits per heavy atom. The largest absolute Gasteiger partial charge is 0.501 e. The number of nitrogens with zero attached hydrogens (tertiary/aromatic N) is 4. The smallest absolute Gasteiger partial charge is 0.490 e. The summed E-state index contributed by atoms with van der Waals surface area (Å²) in [5, 5.41) is 8.95. The van der Waals surface area contributed by atoms with Crippen LogP contribution >= 0.6 is 0 Å². The highest BCUT2D eigenvalue weighted by atomic mass is 32.2. The molecule has 1 aromatic heterocycles. The number of piperidine rings is 2. The molecule has 2 saturated heterocycles. The fourth-order valence-electron chi connectivity index (χ4n) is 5.74. The lowest BCUT2D eigenvalue weighted by molar-refractivity contribution is -0.0436. The van der Waals surface area contributed by atoms with Gasteiger partial charge in [0.15, 0.2) is 5.78 Å². The van der Waals surface area contributed by atoms with Gasteiger partial charge in [0.05, 0.1) is 16.5 Å². The van der Waals surface area contributed by atoms with E-state index >= 15 is 4.39 Å². The molecule has 3 heterocycles. The molecule has 5 rings (SSSR count). The normalized spacial score (nSPS) is 19.6. The Hall–Kier alpha value is -4.35. The fourth-order valence-corrected chi connectivity index (χ4v) is 6.50. The second kappa shape index (κ2) is 14.2. The third-order valence-electron chi connectivity index (χ3n) is 8.47. The van der Waals surface area contributed by atoms with Crippen LogP contribution in [-0.2, 0) is 16.4 Å². The summed E-state index contributed by atoms with van der Waals surface area (Å²) in [6.07, 6.45) is 1.26. The summed E-state index contributed by atoms with van der Waals surface area (Å²) in [7, 11) is -5.45. The predicted molar refractivity (Wildman–Crippen MR) is 162 cm³/mol. The number of amides is 1. The molecule has 0 bridgehead atoms. The van der Waals surface area contributed by atoms with Gasteiger partial charge in [-0.15, -0.1) is 0 Å². The van der Waals surface area contributed by atoms with E-state index in [0.717, 1.165) is 17.7 Å². The van der Waals surface area contributed by atoms with Gasteiger partial charge in [0.25, 0.3) is 15.7 Å². The SMILES string of the molecule is N#Cc1ccc(CN2CCC(CC(=O)c3ccc(C(=O)N4CCC(Oc5ccc(S(=O)(=O)C(F)(F)F)cc5)CC4)nc3)[C@H](F)C2)cc1. The van der Waals surface area contributed by atoms with Gasteiger partial charge in [-0.3, -0.25) is 19.5 Å². The number of ether oxygens (including phenoxy) is 1. The van der Waals surface area contributed by atoms with E-state index in [-0.39, 0.29) is 42.2 Å². The number of aromatic nitrogens is 1. The number of nitriles is 1. The topological polar surface area (TPSA) is 121 Å². The van der Waals surface area contributed by atoms with Crippen LogP contribution in [0.15, 0.2) is 71.8 Å². The Labute approximate surface area is 269 Å². The number of likely N-dealkylation sites (tertiary alicyclic amines) is 2. The summed E-state index contributed by atoms with van der Waals surface area (Å²) >= 11 is 0. The van der Waals surface area contributed by atoms with E-state index in [1.165, 1.54) is 30.5 Å². The molecule has 3 aromatic rings. The van der Waals surface area contributed by atoms with E-state index in [9.17, 15) is 31.2 Å². The summed E-state index contributed by atoms with van der Waals surface area (Å²) in [5.74, 6) is -0.782. The average molecular weight is 673 g/mol. The Balaban J connectivity index is 1.07. The first kappa shape index (κ1) is 34.0. The molecule has 1 amide bonds. The molecule has 2 fully saturated rings. The van der Waals surface area contributed by atoms with E-state index in [4.69, 9.17) is 10.00 Å². The van der Waals surface area contributed by atoms with Crippen LogP contribution in [0.25, 0.3) is 0 Å². The van der Waals surface area contributed by atoms with Gasteiger partial charge < -0.3 is 9.64 Å². The molecule has 1 unspecified atom stereocenters. The molecular weight excluding hydrogens is 640 g/mol. The molecule has 248 valence electrons. The van der Waals surface area contributed by atoms with Gasteiger partial charge in [0.2, 0.25) is 0 Å². The van der Waals surface area contributed by atoms with Crippen molar-refractivity contribution in [2.75, 3.05) is 26.2 Å². The maximum absolute atomic E-state index is 15.0. The molecule has 2 aromatic carbocycles. The van der Waals surface area contributed by atoms with Crippen molar-refractivity contribution >= 4 is 21.5 Å². The van der Waals surface area contributed by atoms with E-state index in [1.54, 1.807) is 17.0 Å². The Kier molecular flexibility index (Phi) is 10.3. The van der Waals surface area contributed by atoms with Crippen molar-refractivity contribution in [2.24, 2.45) is 5.92 Å². The van der Waals surface area contributed by atoms with Gasteiger partial charge in [-0.25, -0.2) is 12.8 Å². The van der Waals surface area contributed by atoms with E-state index < -0.39 is 32.3 Å². The number of alkyl halides is 4. The number of rotatable bonds is 9. The van der Waals surface area contributed by atoms with Gasteiger partial charge >= 0.3 is 5.51 Å². The highest BCUT2D eigenvalue weighted by Gasteiger charge is 2.46. The van der Waals surface area contributed by atoms with Crippen molar-refractivity contribution in [3.05, 3.63) is 89.2 Å². The zero-order valence-electron chi connectivity index (χ0n) is 25.2. The zero-order valence-corrected chi connectivity index (χ0v) is 26.0. The molecule has 0 aliphatic carbocycles. The molecule has 0 spiro atoms. The van der Waals surface area contributed by atoms with Gasteiger partial charge in [-0.1, -0.05) is 12.1 Å². The first-order chi connectivity index (χ1) is 22.3. The van der Waals surface area contributed by atoms with Crippen LogP contribution in [-0.4, -0.2) is 78.9 Å². The van der Waals surface area contributed by atoms with Gasteiger partial charge in [0.1, 0.15) is 23.7 Å². The lowest BCUT2D eigenvalue weighted by Crippen LogP contribution is -2.42. The highest BCUT2D eigenvalue weighted by molar-refractivity contribution is 7.92. The van der Waals surface area contributed by atoms with E-state index in [1.807, 2.05) is 17.0 Å². The van der Waals surface area contributed by atoms with Gasteiger partial charge in [-0.05, 0) is 73.0 Å². The number of ketones is 1. The number of carbonyl (C=O) groups is 2. The minimum Gasteiger partial charge on any atom is -0.490 e. The van der Waals surface area contributed by atoms with Crippen LogP contribution < -0.4 is 4.74 Å². The minimum absolute atomic E-state index is 0.0369. The quantitative estimate of drug-likeness (QED) is 0.220. The maximum atomic E-state index is 15.0. The third kappa shape index (κ3) is 8.15. The molecule has 9 nitrogen and oxygen atoms in total. The second-order valence-electron chi connectivity index (χ2n) is 11.7. The lowest BCUT2D eigenvalue weighted by atomic mass is 9.88. The van der Waals surface area contributed by atoms with Crippen molar-refractivity contribution in [3.8, 4) is 11.8 Å². The monoisotopic (exact) mass is 672 g/mol. The van der Waals surface area contributed by atoms with Crippen LogP contribution in [0.5, 0.6) is 5.75 Å². The maximum Gasteiger partial charge on any atom is 0.501 e. The number of sulfone groups is 1. The van der Waals surface area contributed by atoms with Crippen LogP contribution in [0.2, 0.25) is 0 Å². The number of Topliss-reactive ketones (excluding diaryl/α,β-unsaturated/α-hetero) is 1. The van der Waals surface area contributed by atoms with Crippen LogP contribution in [0, 0.1) is 17.2 Å². The highest BCUT2D eigenvalue weighted by Crippen LogP contribution is 2.32. The number of halogens is 4. The summed E-state index contributed by atoms with van der Waals surface area (Å²) in [5.41, 5.74) is -3.39. The van der Waals surface area contributed by atoms with Crippen molar-refractivity contribution in [3.63, 3.8) is 0 Å². The molecular formula is C33H32F4N4O5S. The molecule has 2 aliphatic heterocycles. The fraction of sp³-hybridized carbons (Fsp3) is 0.394.